The van der Waals surface area contributed by atoms with Gasteiger partial charge in [0.1, 0.15) is 11.0 Å². The van der Waals surface area contributed by atoms with Crippen LogP contribution in [0, 0.1) is 11.7 Å². The van der Waals surface area contributed by atoms with Crippen LogP contribution in [-0.4, -0.2) is 24.0 Å². The van der Waals surface area contributed by atoms with Crippen molar-refractivity contribution in [2.75, 3.05) is 13.1 Å². The van der Waals surface area contributed by atoms with E-state index >= 15 is 0 Å². The molecule has 1 saturated heterocycles. The number of carbonyl (C=O) groups excluding carboxylic acids is 1. The standard InChI is InChI=1S/C18H19ClFN3O/c1-11(12-3-2-4-14(20)7-12)23-18(24)16-10-21-9-15(16)13-5-6-17(19)22-8-13/h2-8,11,15-16,21H,9-10H2,1H3,(H,23,24)/t11-,15-,16+/m0/s1. The molecule has 126 valence electrons. The van der Waals surface area contributed by atoms with E-state index in [0.717, 1.165) is 17.7 Å². The second-order valence-corrected chi connectivity index (χ2v) is 6.46. The molecule has 4 nitrogen and oxygen atoms in total. The lowest BCUT2D eigenvalue weighted by molar-refractivity contribution is -0.125. The molecule has 1 aromatic carbocycles. The van der Waals surface area contributed by atoms with Crippen LogP contribution in [0.4, 0.5) is 4.39 Å². The Bertz CT molecular complexity index is 722. The van der Waals surface area contributed by atoms with E-state index in [1.54, 1.807) is 18.3 Å². The molecule has 0 bridgehead atoms. The van der Waals surface area contributed by atoms with E-state index in [9.17, 15) is 9.18 Å². The highest BCUT2D eigenvalue weighted by molar-refractivity contribution is 6.29. The van der Waals surface area contributed by atoms with Crippen molar-refractivity contribution in [2.24, 2.45) is 5.92 Å². The number of hydrogen-bond donors (Lipinski definition) is 2. The highest BCUT2D eigenvalue weighted by atomic mass is 35.5. The van der Waals surface area contributed by atoms with Crippen molar-refractivity contribution in [2.45, 2.75) is 18.9 Å². The molecule has 1 aliphatic heterocycles. The van der Waals surface area contributed by atoms with Gasteiger partial charge in [-0.1, -0.05) is 29.8 Å². The quantitative estimate of drug-likeness (QED) is 0.836. The number of nitrogens with one attached hydrogen (secondary N) is 2. The van der Waals surface area contributed by atoms with Crippen molar-refractivity contribution < 1.29 is 9.18 Å². The number of aromatic nitrogens is 1. The third-order valence-electron chi connectivity index (χ3n) is 4.44. The number of benzene rings is 1. The number of pyridine rings is 1. The van der Waals surface area contributed by atoms with Crippen LogP contribution in [0.1, 0.15) is 30.0 Å². The summed E-state index contributed by atoms with van der Waals surface area (Å²) in [6.45, 7) is 3.18. The lowest BCUT2D eigenvalue weighted by Gasteiger charge is -2.21. The molecular weight excluding hydrogens is 329 g/mol. The largest absolute Gasteiger partial charge is 0.349 e. The van der Waals surface area contributed by atoms with Crippen molar-refractivity contribution in [1.29, 1.82) is 0 Å². The summed E-state index contributed by atoms with van der Waals surface area (Å²) in [6.07, 6.45) is 1.72. The van der Waals surface area contributed by atoms with E-state index in [-0.39, 0.29) is 29.6 Å². The van der Waals surface area contributed by atoms with Crippen molar-refractivity contribution >= 4 is 17.5 Å². The fraction of sp³-hybridized carbons (Fsp3) is 0.333. The first-order valence-electron chi connectivity index (χ1n) is 7.92. The predicted molar refractivity (Wildman–Crippen MR) is 91.3 cm³/mol. The van der Waals surface area contributed by atoms with E-state index in [0.29, 0.717) is 11.7 Å². The van der Waals surface area contributed by atoms with Gasteiger partial charge in [0.05, 0.1) is 12.0 Å². The Morgan fingerprint density at radius 2 is 2.21 bits per heavy atom. The fourth-order valence-corrected chi connectivity index (χ4v) is 3.20. The Kier molecular flexibility index (Phi) is 5.11. The average molecular weight is 348 g/mol. The van der Waals surface area contributed by atoms with E-state index in [1.807, 2.05) is 19.1 Å². The van der Waals surface area contributed by atoms with Crippen LogP contribution in [0.5, 0.6) is 0 Å². The van der Waals surface area contributed by atoms with Crippen molar-refractivity contribution in [1.82, 2.24) is 15.6 Å². The van der Waals surface area contributed by atoms with Gasteiger partial charge < -0.3 is 10.6 Å². The third-order valence-corrected chi connectivity index (χ3v) is 4.66. The molecule has 1 aromatic heterocycles. The smallest absolute Gasteiger partial charge is 0.225 e. The molecule has 24 heavy (non-hydrogen) atoms. The van der Waals surface area contributed by atoms with Crippen LogP contribution in [0.3, 0.4) is 0 Å². The second-order valence-electron chi connectivity index (χ2n) is 6.07. The molecule has 3 rings (SSSR count). The molecule has 1 aliphatic rings. The third kappa shape index (κ3) is 3.74. The summed E-state index contributed by atoms with van der Waals surface area (Å²) >= 11 is 5.83. The molecule has 1 fully saturated rings. The number of nitrogens with zero attached hydrogens (tertiary/aromatic N) is 1. The first-order chi connectivity index (χ1) is 11.5. The molecule has 0 aliphatic carbocycles. The fourth-order valence-electron chi connectivity index (χ4n) is 3.09. The summed E-state index contributed by atoms with van der Waals surface area (Å²) < 4.78 is 13.3. The van der Waals surface area contributed by atoms with Gasteiger partial charge in [0.2, 0.25) is 5.91 Å². The lowest BCUT2D eigenvalue weighted by Crippen LogP contribution is -2.36. The molecule has 2 aromatic rings. The van der Waals surface area contributed by atoms with Gasteiger partial charge in [0, 0.05) is 25.2 Å². The van der Waals surface area contributed by atoms with Crippen LogP contribution >= 0.6 is 11.6 Å². The summed E-state index contributed by atoms with van der Waals surface area (Å²) in [7, 11) is 0. The van der Waals surface area contributed by atoms with Crippen molar-refractivity contribution in [3.8, 4) is 0 Å². The van der Waals surface area contributed by atoms with E-state index in [4.69, 9.17) is 11.6 Å². The van der Waals surface area contributed by atoms with E-state index < -0.39 is 0 Å². The van der Waals surface area contributed by atoms with Gasteiger partial charge in [-0.2, -0.15) is 0 Å². The molecule has 3 atom stereocenters. The maximum atomic E-state index is 13.3. The average Bonchev–Trinajstić information content (AvgIpc) is 3.05. The summed E-state index contributed by atoms with van der Waals surface area (Å²) in [5, 5.41) is 6.68. The van der Waals surface area contributed by atoms with Crippen molar-refractivity contribution in [3.05, 3.63) is 64.7 Å². The molecule has 0 saturated carbocycles. The Hall–Kier alpha value is -1.98. The maximum absolute atomic E-state index is 13.3. The molecule has 0 unspecified atom stereocenters. The van der Waals surface area contributed by atoms with Crippen LogP contribution < -0.4 is 10.6 Å². The SMILES string of the molecule is C[C@H](NC(=O)[C@@H]1CNC[C@H]1c1ccc(Cl)nc1)c1cccc(F)c1. The van der Waals surface area contributed by atoms with Crippen LogP contribution in [0.2, 0.25) is 5.15 Å². The molecule has 2 heterocycles. The molecular formula is C18H19ClFN3O. The molecule has 0 spiro atoms. The first kappa shape index (κ1) is 16.9. The Labute approximate surface area is 145 Å². The van der Waals surface area contributed by atoms with Gasteiger partial charge in [-0.3, -0.25) is 4.79 Å². The minimum absolute atomic E-state index is 0.0447. The molecule has 6 heteroatoms. The lowest BCUT2D eigenvalue weighted by atomic mass is 9.89. The minimum Gasteiger partial charge on any atom is -0.349 e. The van der Waals surface area contributed by atoms with Gasteiger partial charge in [-0.25, -0.2) is 9.37 Å². The molecule has 1 amide bonds. The predicted octanol–water partition coefficient (Wildman–Crippen LogP) is 3.05. The Balaban J connectivity index is 1.70. The number of halogens is 2. The molecule has 0 radical (unpaired) electrons. The normalized spacial score (nSPS) is 21.5. The summed E-state index contributed by atoms with van der Waals surface area (Å²) in [5.41, 5.74) is 1.74. The zero-order valence-corrected chi connectivity index (χ0v) is 14.1. The first-order valence-corrected chi connectivity index (χ1v) is 8.30. The number of rotatable bonds is 4. The Morgan fingerprint density at radius 1 is 1.38 bits per heavy atom. The van der Waals surface area contributed by atoms with E-state index in [2.05, 4.69) is 15.6 Å². The Morgan fingerprint density at radius 3 is 2.92 bits per heavy atom. The van der Waals surface area contributed by atoms with E-state index in [1.165, 1.54) is 12.1 Å². The van der Waals surface area contributed by atoms with Gasteiger partial charge in [-0.05, 0) is 36.2 Å². The monoisotopic (exact) mass is 347 g/mol. The zero-order valence-electron chi connectivity index (χ0n) is 13.3. The summed E-state index contributed by atoms with van der Waals surface area (Å²) in [4.78, 5) is 16.8. The van der Waals surface area contributed by atoms with Gasteiger partial charge in [0.25, 0.3) is 0 Å². The highest BCUT2D eigenvalue weighted by Crippen LogP contribution is 2.29. The number of carbonyl (C=O) groups is 1. The van der Waals surface area contributed by atoms with Gasteiger partial charge in [0.15, 0.2) is 0 Å². The minimum atomic E-state index is -0.304. The maximum Gasteiger partial charge on any atom is 0.225 e. The van der Waals surface area contributed by atoms with Crippen molar-refractivity contribution in [3.63, 3.8) is 0 Å². The van der Waals surface area contributed by atoms with Gasteiger partial charge >= 0.3 is 0 Å². The van der Waals surface area contributed by atoms with Crippen LogP contribution in [0.15, 0.2) is 42.6 Å². The van der Waals surface area contributed by atoms with Crippen LogP contribution in [0.25, 0.3) is 0 Å². The second kappa shape index (κ2) is 7.28. The number of amides is 1. The zero-order chi connectivity index (χ0) is 17.1. The summed E-state index contributed by atoms with van der Waals surface area (Å²) in [6, 6.07) is 9.68. The topological polar surface area (TPSA) is 54.0 Å². The highest BCUT2D eigenvalue weighted by Gasteiger charge is 2.34. The number of hydrogen-bond acceptors (Lipinski definition) is 3. The molecule has 2 N–H and O–H groups in total. The van der Waals surface area contributed by atoms with Gasteiger partial charge in [-0.15, -0.1) is 0 Å². The summed E-state index contributed by atoms with van der Waals surface area (Å²) in [5.74, 6) is -0.489. The van der Waals surface area contributed by atoms with Crippen LogP contribution in [-0.2, 0) is 4.79 Å².